The zero-order valence-corrected chi connectivity index (χ0v) is 16.2. The minimum Gasteiger partial charge on any atom is -0.497 e. The van der Waals surface area contributed by atoms with E-state index in [1.165, 1.54) is 17.5 Å². The largest absolute Gasteiger partial charge is 0.497 e. The Bertz CT molecular complexity index is 1150. The fourth-order valence-electron chi connectivity index (χ4n) is 3.02. The van der Waals surface area contributed by atoms with Crippen LogP contribution in [0.2, 0.25) is 0 Å². The molecule has 2 aromatic carbocycles. The summed E-state index contributed by atoms with van der Waals surface area (Å²) < 4.78 is 12.5. The van der Waals surface area contributed by atoms with Crippen molar-refractivity contribution in [2.45, 2.75) is 13.8 Å². The maximum Gasteiger partial charge on any atom is 0.168 e. The van der Waals surface area contributed by atoms with Crippen LogP contribution >= 0.6 is 0 Å². The summed E-state index contributed by atoms with van der Waals surface area (Å²) in [6, 6.07) is 11.8. The van der Waals surface area contributed by atoms with Gasteiger partial charge in [0, 0.05) is 6.07 Å². The molecule has 2 aromatic heterocycles. The molecule has 1 N–H and O–H groups in total. The monoisotopic (exact) mass is 375 g/mol. The highest BCUT2D eigenvalue weighted by atomic mass is 16.5. The smallest absolute Gasteiger partial charge is 0.168 e. The highest BCUT2D eigenvalue weighted by Gasteiger charge is 2.13. The van der Waals surface area contributed by atoms with E-state index < -0.39 is 0 Å². The Labute approximate surface area is 163 Å². The first-order valence-corrected chi connectivity index (χ1v) is 8.86. The minimum absolute atomic E-state index is 0.656. The van der Waals surface area contributed by atoms with E-state index in [2.05, 4.69) is 46.4 Å². The van der Waals surface area contributed by atoms with E-state index in [4.69, 9.17) is 9.47 Å². The molecule has 7 heteroatoms. The molecule has 0 spiro atoms. The molecular weight excluding hydrogens is 354 g/mol. The second-order valence-corrected chi connectivity index (χ2v) is 6.48. The zero-order valence-electron chi connectivity index (χ0n) is 16.2. The summed E-state index contributed by atoms with van der Waals surface area (Å²) in [7, 11) is 3.24. The quantitative estimate of drug-likeness (QED) is 0.564. The van der Waals surface area contributed by atoms with Crippen molar-refractivity contribution in [1.82, 2.24) is 19.7 Å². The van der Waals surface area contributed by atoms with Gasteiger partial charge < -0.3 is 14.8 Å². The number of fused-ring (bicyclic) bond motifs is 1. The van der Waals surface area contributed by atoms with Gasteiger partial charge in [-0.2, -0.15) is 5.10 Å². The molecule has 28 heavy (non-hydrogen) atoms. The van der Waals surface area contributed by atoms with Gasteiger partial charge in [0.15, 0.2) is 5.65 Å². The van der Waals surface area contributed by atoms with Crippen LogP contribution in [-0.4, -0.2) is 34.0 Å². The topological polar surface area (TPSA) is 74.1 Å². The predicted octanol–water partition coefficient (Wildman–Crippen LogP) is 4.19. The Morgan fingerprint density at radius 1 is 0.929 bits per heavy atom. The first-order chi connectivity index (χ1) is 13.6. The standard InChI is InChI=1S/C21H21N5O2/c1-13-5-6-15(9-14(13)2)26-21-17(11-24-26)20(22-12-23-21)25-18-8-7-16(27-3)10-19(18)28-4/h5-12H,1-4H3,(H,22,23,25). The van der Waals surface area contributed by atoms with Crippen molar-refractivity contribution in [3.8, 4) is 17.2 Å². The molecule has 4 aromatic rings. The summed E-state index contributed by atoms with van der Waals surface area (Å²) in [5.41, 5.74) is 4.92. The van der Waals surface area contributed by atoms with Gasteiger partial charge in [-0.3, -0.25) is 0 Å². The number of nitrogens with one attached hydrogen (secondary N) is 1. The zero-order chi connectivity index (χ0) is 19.7. The Kier molecular flexibility index (Phi) is 4.57. The lowest BCUT2D eigenvalue weighted by molar-refractivity contribution is 0.395. The van der Waals surface area contributed by atoms with Crippen LogP contribution in [0.4, 0.5) is 11.5 Å². The molecule has 0 fully saturated rings. The number of methoxy groups -OCH3 is 2. The lowest BCUT2D eigenvalue weighted by Gasteiger charge is -2.12. The van der Waals surface area contributed by atoms with Crippen molar-refractivity contribution in [3.63, 3.8) is 0 Å². The lowest BCUT2D eigenvalue weighted by atomic mass is 10.1. The maximum atomic E-state index is 5.46. The Morgan fingerprint density at radius 3 is 2.54 bits per heavy atom. The summed E-state index contributed by atoms with van der Waals surface area (Å²) >= 11 is 0. The molecule has 0 aliphatic rings. The molecule has 4 rings (SSSR count). The Hall–Kier alpha value is -3.61. The second kappa shape index (κ2) is 7.19. The Morgan fingerprint density at radius 2 is 1.79 bits per heavy atom. The molecule has 0 radical (unpaired) electrons. The van der Waals surface area contributed by atoms with Gasteiger partial charge in [0.2, 0.25) is 0 Å². The summed E-state index contributed by atoms with van der Waals surface area (Å²) in [5, 5.41) is 8.67. The van der Waals surface area contributed by atoms with Crippen LogP contribution in [0.15, 0.2) is 48.9 Å². The van der Waals surface area contributed by atoms with Gasteiger partial charge in [0.05, 0.1) is 37.2 Å². The van der Waals surface area contributed by atoms with Crippen molar-refractivity contribution < 1.29 is 9.47 Å². The van der Waals surface area contributed by atoms with Gasteiger partial charge >= 0.3 is 0 Å². The van der Waals surface area contributed by atoms with Crippen LogP contribution in [0.25, 0.3) is 16.7 Å². The number of rotatable bonds is 5. The van der Waals surface area contributed by atoms with E-state index in [1.807, 2.05) is 28.9 Å². The summed E-state index contributed by atoms with van der Waals surface area (Å²) in [6.07, 6.45) is 3.29. The number of aryl methyl sites for hydroxylation is 2. The van der Waals surface area contributed by atoms with E-state index in [0.29, 0.717) is 11.6 Å². The van der Waals surface area contributed by atoms with E-state index in [0.717, 1.165) is 28.2 Å². The molecule has 0 bridgehead atoms. The van der Waals surface area contributed by atoms with Crippen LogP contribution in [0.1, 0.15) is 11.1 Å². The maximum absolute atomic E-state index is 5.46. The molecule has 142 valence electrons. The fraction of sp³-hybridized carbons (Fsp3) is 0.190. The van der Waals surface area contributed by atoms with Crippen molar-refractivity contribution in [2.75, 3.05) is 19.5 Å². The van der Waals surface area contributed by atoms with Gasteiger partial charge in [0.1, 0.15) is 23.6 Å². The predicted molar refractivity (Wildman–Crippen MR) is 109 cm³/mol. The third kappa shape index (κ3) is 3.11. The van der Waals surface area contributed by atoms with E-state index in [9.17, 15) is 0 Å². The van der Waals surface area contributed by atoms with E-state index in [1.54, 1.807) is 20.4 Å². The third-order valence-corrected chi connectivity index (χ3v) is 4.76. The Balaban J connectivity index is 1.76. The van der Waals surface area contributed by atoms with E-state index in [-0.39, 0.29) is 0 Å². The van der Waals surface area contributed by atoms with E-state index >= 15 is 0 Å². The number of hydrogen-bond acceptors (Lipinski definition) is 6. The normalized spacial score (nSPS) is 10.9. The van der Waals surface area contributed by atoms with Crippen LogP contribution in [0.3, 0.4) is 0 Å². The van der Waals surface area contributed by atoms with Crippen molar-refractivity contribution in [3.05, 3.63) is 60.0 Å². The van der Waals surface area contributed by atoms with Gasteiger partial charge in [0.25, 0.3) is 0 Å². The van der Waals surface area contributed by atoms with Gasteiger partial charge in [-0.05, 0) is 49.2 Å². The van der Waals surface area contributed by atoms with Gasteiger partial charge in [-0.25, -0.2) is 14.6 Å². The molecule has 0 saturated carbocycles. The average molecular weight is 375 g/mol. The summed E-state index contributed by atoms with van der Waals surface area (Å²) in [6.45, 7) is 4.18. The first kappa shape index (κ1) is 17.8. The molecule has 0 amide bonds. The molecule has 0 atom stereocenters. The summed E-state index contributed by atoms with van der Waals surface area (Å²) in [4.78, 5) is 8.84. The SMILES string of the molecule is COc1ccc(Nc2ncnc3c2cnn3-c2ccc(C)c(C)c2)c(OC)c1. The van der Waals surface area contributed by atoms with Crippen LogP contribution < -0.4 is 14.8 Å². The van der Waals surface area contributed by atoms with Crippen LogP contribution in [0, 0.1) is 13.8 Å². The number of ether oxygens (including phenoxy) is 2. The molecule has 7 nitrogen and oxygen atoms in total. The minimum atomic E-state index is 0.656. The van der Waals surface area contributed by atoms with Gasteiger partial charge in [-0.1, -0.05) is 6.07 Å². The highest BCUT2D eigenvalue weighted by Crippen LogP contribution is 2.33. The molecule has 0 aliphatic carbocycles. The number of anilines is 2. The van der Waals surface area contributed by atoms with Crippen LogP contribution in [0.5, 0.6) is 11.5 Å². The number of hydrogen-bond donors (Lipinski definition) is 1. The van der Waals surface area contributed by atoms with Crippen LogP contribution in [-0.2, 0) is 0 Å². The van der Waals surface area contributed by atoms with Crippen molar-refractivity contribution >= 4 is 22.5 Å². The third-order valence-electron chi connectivity index (χ3n) is 4.76. The molecule has 0 unspecified atom stereocenters. The molecule has 0 aliphatic heterocycles. The molecular formula is C21H21N5O2. The second-order valence-electron chi connectivity index (χ2n) is 6.48. The highest BCUT2D eigenvalue weighted by molar-refractivity contribution is 5.89. The number of nitrogens with zero attached hydrogens (tertiary/aromatic N) is 4. The number of aromatic nitrogens is 4. The summed E-state index contributed by atoms with van der Waals surface area (Å²) in [5.74, 6) is 2.04. The average Bonchev–Trinajstić information content (AvgIpc) is 3.15. The first-order valence-electron chi connectivity index (χ1n) is 8.86. The number of benzene rings is 2. The lowest BCUT2D eigenvalue weighted by Crippen LogP contribution is -2.01. The van der Waals surface area contributed by atoms with Gasteiger partial charge in [-0.15, -0.1) is 0 Å². The van der Waals surface area contributed by atoms with Crippen molar-refractivity contribution in [1.29, 1.82) is 0 Å². The fourth-order valence-corrected chi connectivity index (χ4v) is 3.02. The molecule has 0 saturated heterocycles. The molecule has 2 heterocycles. The van der Waals surface area contributed by atoms with Crippen molar-refractivity contribution in [2.24, 2.45) is 0 Å².